The second kappa shape index (κ2) is 4.90. The molecule has 102 valence electrons. The maximum Gasteiger partial charge on any atom is 0.255 e. The van der Waals surface area contributed by atoms with Crippen molar-refractivity contribution in [1.82, 2.24) is 19.6 Å². The lowest BCUT2D eigenvalue weighted by atomic mass is 10.1. The molecule has 0 spiro atoms. The van der Waals surface area contributed by atoms with E-state index in [0.717, 1.165) is 16.6 Å². The second-order valence-electron chi connectivity index (χ2n) is 4.71. The van der Waals surface area contributed by atoms with Crippen molar-refractivity contribution in [2.24, 2.45) is 12.8 Å². The number of hydrogen-bond acceptors (Lipinski definition) is 4. The summed E-state index contributed by atoms with van der Waals surface area (Å²) < 4.78 is 3.32. The molecule has 2 heterocycles. The molecular weight excluding hydrogens is 254 g/mol. The molecule has 0 fully saturated rings. The number of rotatable bonds is 3. The fourth-order valence-electron chi connectivity index (χ4n) is 2.32. The van der Waals surface area contributed by atoms with Crippen molar-refractivity contribution in [1.29, 1.82) is 0 Å². The Hall–Kier alpha value is -2.47. The first-order valence-electron chi connectivity index (χ1n) is 6.36. The highest BCUT2D eigenvalue weighted by Crippen LogP contribution is 2.14. The van der Waals surface area contributed by atoms with Gasteiger partial charge in [-0.1, -0.05) is 23.4 Å². The average Bonchev–Trinajstić information content (AvgIpc) is 2.87. The van der Waals surface area contributed by atoms with E-state index in [0.29, 0.717) is 12.1 Å². The standard InChI is InChI=1S/C14H15N5O/c1-18-8-12(16-17-18)9-19-13-5-3-2-4-10(13)6-11(7-15)14(19)20/h2-6,8H,7,9,15H2,1H3. The Morgan fingerprint density at radius 3 is 2.80 bits per heavy atom. The summed E-state index contributed by atoms with van der Waals surface area (Å²) in [5.41, 5.74) is 7.81. The van der Waals surface area contributed by atoms with Gasteiger partial charge in [-0.15, -0.1) is 5.10 Å². The van der Waals surface area contributed by atoms with Gasteiger partial charge in [0.1, 0.15) is 5.69 Å². The highest BCUT2D eigenvalue weighted by molar-refractivity contribution is 5.79. The normalized spacial score (nSPS) is 11.1. The summed E-state index contributed by atoms with van der Waals surface area (Å²) in [5, 5.41) is 8.92. The lowest BCUT2D eigenvalue weighted by molar-refractivity contribution is 0.708. The Kier molecular flexibility index (Phi) is 3.08. The van der Waals surface area contributed by atoms with Crippen molar-refractivity contribution in [3.8, 4) is 0 Å². The van der Waals surface area contributed by atoms with E-state index in [2.05, 4.69) is 10.3 Å². The van der Waals surface area contributed by atoms with Crippen LogP contribution in [0.4, 0.5) is 0 Å². The minimum atomic E-state index is -0.0724. The van der Waals surface area contributed by atoms with E-state index in [1.807, 2.05) is 30.3 Å². The number of nitrogens with zero attached hydrogens (tertiary/aromatic N) is 4. The third kappa shape index (κ3) is 2.10. The molecule has 0 bridgehead atoms. The van der Waals surface area contributed by atoms with Gasteiger partial charge in [-0.05, 0) is 17.5 Å². The van der Waals surface area contributed by atoms with Gasteiger partial charge in [0.25, 0.3) is 5.56 Å². The Morgan fingerprint density at radius 1 is 1.30 bits per heavy atom. The van der Waals surface area contributed by atoms with Crippen molar-refractivity contribution >= 4 is 10.9 Å². The lowest BCUT2D eigenvalue weighted by Crippen LogP contribution is -2.26. The summed E-state index contributed by atoms with van der Waals surface area (Å²) in [6, 6.07) is 9.61. The zero-order chi connectivity index (χ0) is 14.1. The molecule has 0 atom stereocenters. The van der Waals surface area contributed by atoms with E-state index < -0.39 is 0 Å². The fourth-order valence-corrected chi connectivity index (χ4v) is 2.32. The monoisotopic (exact) mass is 269 g/mol. The van der Waals surface area contributed by atoms with Crippen molar-refractivity contribution < 1.29 is 0 Å². The van der Waals surface area contributed by atoms with Crippen LogP contribution in [0.25, 0.3) is 10.9 Å². The first-order valence-corrected chi connectivity index (χ1v) is 6.36. The molecule has 0 unspecified atom stereocenters. The minimum absolute atomic E-state index is 0.0724. The number of hydrogen-bond donors (Lipinski definition) is 1. The van der Waals surface area contributed by atoms with Gasteiger partial charge in [0.15, 0.2) is 0 Å². The van der Waals surface area contributed by atoms with Gasteiger partial charge < -0.3 is 10.3 Å². The van der Waals surface area contributed by atoms with E-state index in [1.165, 1.54) is 0 Å². The van der Waals surface area contributed by atoms with Crippen LogP contribution in [0.1, 0.15) is 11.3 Å². The molecule has 0 saturated carbocycles. The fraction of sp³-hybridized carbons (Fsp3) is 0.214. The summed E-state index contributed by atoms with van der Waals surface area (Å²) in [6.07, 6.45) is 1.80. The van der Waals surface area contributed by atoms with Gasteiger partial charge in [0, 0.05) is 25.4 Å². The molecular formula is C14H15N5O. The van der Waals surface area contributed by atoms with E-state index in [1.54, 1.807) is 22.5 Å². The molecule has 0 aliphatic carbocycles. The van der Waals surface area contributed by atoms with Crippen LogP contribution in [0, 0.1) is 0 Å². The zero-order valence-corrected chi connectivity index (χ0v) is 11.2. The highest BCUT2D eigenvalue weighted by Gasteiger charge is 2.10. The van der Waals surface area contributed by atoms with Crippen LogP contribution in [0.2, 0.25) is 0 Å². The molecule has 20 heavy (non-hydrogen) atoms. The van der Waals surface area contributed by atoms with E-state index >= 15 is 0 Å². The number of fused-ring (bicyclic) bond motifs is 1. The van der Waals surface area contributed by atoms with Crippen LogP contribution in [0.15, 0.2) is 41.3 Å². The number of aryl methyl sites for hydroxylation is 1. The zero-order valence-electron chi connectivity index (χ0n) is 11.2. The number of para-hydroxylation sites is 1. The van der Waals surface area contributed by atoms with Gasteiger partial charge in [-0.3, -0.25) is 9.48 Å². The third-order valence-electron chi connectivity index (χ3n) is 3.27. The van der Waals surface area contributed by atoms with Gasteiger partial charge >= 0.3 is 0 Å². The van der Waals surface area contributed by atoms with Gasteiger partial charge in [0.2, 0.25) is 0 Å². The molecule has 0 radical (unpaired) electrons. The number of benzene rings is 1. The van der Waals surface area contributed by atoms with Crippen LogP contribution in [-0.2, 0) is 20.1 Å². The van der Waals surface area contributed by atoms with Crippen molar-refractivity contribution in [2.75, 3.05) is 0 Å². The molecule has 0 amide bonds. The van der Waals surface area contributed by atoms with Crippen molar-refractivity contribution in [2.45, 2.75) is 13.1 Å². The lowest BCUT2D eigenvalue weighted by Gasteiger charge is -2.10. The summed E-state index contributed by atoms with van der Waals surface area (Å²) in [5.74, 6) is 0. The van der Waals surface area contributed by atoms with E-state index in [9.17, 15) is 4.79 Å². The first-order chi connectivity index (χ1) is 9.69. The molecule has 2 N–H and O–H groups in total. The highest BCUT2D eigenvalue weighted by atomic mass is 16.1. The molecule has 1 aromatic carbocycles. The maximum absolute atomic E-state index is 12.5. The third-order valence-corrected chi connectivity index (χ3v) is 3.27. The molecule has 3 aromatic rings. The van der Waals surface area contributed by atoms with Crippen LogP contribution >= 0.6 is 0 Å². The molecule has 0 aliphatic rings. The Balaban J connectivity index is 2.21. The molecule has 3 rings (SSSR count). The number of nitrogens with two attached hydrogens (primary N) is 1. The summed E-state index contributed by atoms with van der Waals surface area (Å²) in [4.78, 5) is 12.5. The molecule has 0 aliphatic heterocycles. The minimum Gasteiger partial charge on any atom is -0.326 e. The summed E-state index contributed by atoms with van der Waals surface area (Å²) in [7, 11) is 1.80. The second-order valence-corrected chi connectivity index (χ2v) is 4.71. The molecule has 2 aromatic heterocycles. The first kappa shape index (κ1) is 12.6. The van der Waals surface area contributed by atoms with Crippen LogP contribution in [-0.4, -0.2) is 19.6 Å². The topological polar surface area (TPSA) is 78.7 Å². The molecule has 6 heteroatoms. The quantitative estimate of drug-likeness (QED) is 0.756. The predicted octanol–water partition coefficient (Wildman–Crippen LogP) is 0.637. The van der Waals surface area contributed by atoms with Crippen LogP contribution < -0.4 is 11.3 Å². The maximum atomic E-state index is 12.5. The van der Waals surface area contributed by atoms with Crippen molar-refractivity contribution in [3.63, 3.8) is 0 Å². The smallest absolute Gasteiger partial charge is 0.255 e. The van der Waals surface area contributed by atoms with E-state index in [-0.39, 0.29) is 12.1 Å². The predicted molar refractivity (Wildman–Crippen MR) is 76.2 cm³/mol. The van der Waals surface area contributed by atoms with Crippen molar-refractivity contribution in [3.05, 3.63) is 58.1 Å². The Labute approximate surface area is 115 Å². The van der Waals surface area contributed by atoms with Gasteiger partial charge in [-0.2, -0.15) is 0 Å². The van der Waals surface area contributed by atoms with Crippen LogP contribution in [0.5, 0.6) is 0 Å². The van der Waals surface area contributed by atoms with Gasteiger partial charge in [-0.25, -0.2) is 0 Å². The Morgan fingerprint density at radius 2 is 2.10 bits per heavy atom. The number of aromatic nitrogens is 4. The summed E-state index contributed by atoms with van der Waals surface area (Å²) in [6.45, 7) is 0.616. The number of pyridine rings is 1. The van der Waals surface area contributed by atoms with Crippen LogP contribution in [0.3, 0.4) is 0 Å². The van der Waals surface area contributed by atoms with Gasteiger partial charge in [0.05, 0.1) is 12.1 Å². The molecule has 6 nitrogen and oxygen atoms in total. The SMILES string of the molecule is Cn1cc(Cn2c(=O)c(CN)cc3ccccc32)nn1. The van der Waals surface area contributed by atoms with E-state index in [4.69, 9.17) is 5.73 Å². The Bertz CT molecular complexity index is 818. The average molecular weight is 269 g/mol. The largest absolute Gasteiger partial charge is 0.326 e. The molecule has 0 saturated heterocycles. The summed E-state index contributed by atoms with van der Waals surface area (Å²) >= 11 is 0.